The smallest absolute Gasteiger partial charge is 0.0845 e. The molecular formula is C7H7ClSi2. The summed E-state index contributed by atoms with van der Waals surface area (Å²) in [7, 11) is 2.97. The lowest BCUT2D eigenvalue weighted by Gasteiger charge is -2.03. The van der Waals surface area contributed by atoms with Gasteiger partial charge in [-0.1, -0.05) is 35.5 Å². The van der Waals surface area contributed by atoms with Gasteiger partial charge in [-0.15, -0.1) is 11.6 Å². The van der Waals surface area contributed by atoms with Gasteiger partial charge in [0.2, 0.25) is 0 Å². The summed E-state index contributed by atoms with van der Waals surface area (Å²) in [5, 5.41) is 1.33. The minimum atomic E-state index is -0.636. The highest BCUT2D eigenvalue weighted by molar-refractivity contribution is 7.13. The fourth-order valence-corrected chi connectivity index (χ4v) is 2.43. The van der Waals surface area contributed by atoms with Gasteiger partial charge < -0.3 is 0 Å². The normalized spacial score (nSPS) is 10.3. The topological polar surface area (TPSA) is 0 Å². The Kier molecular flexibility index (Phi) is 3.18. The molecule has 0 fully saturated rings. The molecule has 4 radical (unpaired) electrons. The minimum Gasteiger partial charge on any atom is -0.130 e. The average Bonchev–Trinajstić information content (AvgIpc) is 2.05. The van der Waals surface area contributed by atoms with Crippen LogP contribution in [0, 0.1) is 0 Å². The molecule has 1 aromatic carbocycles. The summed E-state index contributed by atoms with van der Waals surface area (Å²) in [6, 6.07) is 10.3. The molecule has 1 aromatic rings. The van der Waals surface area contributed by atoms with Crippen LogP contribution in [0.5, 0.6) is 0 Å². The van der Waals surface area contributed by atoms with Crippen LogP contribution < -0.4 is 5.19 Å². The first-order valence-electron chi connectivity index (χ1n) is 3.03. The first-order chi connectivity index (χ1) is 4.84. The van der Waals surface area contributed by atoms with Crippen molar-refractivity contribution in [2.24, 2.45) is 0 Å². The van der Waals surface area contributed by atoms with Crippen molar-refractivity contribution in [3.8, 4) is 0 Å². The second kappa shape index (κ2) is 3.96. The molecule has 0 unspecified atom stereocenters. The molecule has 0 bridgehead atoms. The van der Waals surface area contributed by atoms with Crippen LogP contribution in [0.2, 0.25) is 0 Å². The third-order valence-corrected chi connectivity index (χ3v) is 5.42. The van der Waals surface area contributed by atoms with Gasteiger partial charge in [-0.25, -0.2) is 0 Å². The van der Waals surface area contributed by atoms with Crippen LogP contribution in [0.25, 0.3) is 0 Å². The molecular weight excluding hydrogens is 176 g/mol. The number of rotatable bonds is 2. The Balaban J connectivity index is 2.75. The van der Waals surface area contributed by atoms with Crippen molar-refractivity contribution in [3.63, 3.8) is 0 Å². The Morgan fingerprint density at radius 1 is 1.30 bits per heavy atom. The van der Waals surface area contributed by atoms with Gasteiger partial charge in [0.05, 0.1) is 8.31 Å². The zero-order valence-corrected chi connectivity index (χ0v) is 8.23. The molecule has 0 aliphatic heterocycles. The molecule has 0 saturated heterocycles. The lowest BCUT2D eigenvalue weighted by molar-refractivity contribution is 1.76. The molecule has 0 heterocycles. The summed E-state index contributed by atoms with van der Waals surface area (Å²) in [6.45, 7) is 0. The zero-order valence-electron chi connectivity index (χ0n) is 5.47. The highest BCUT2D eigenvalue weighted by Gasteiger charge is 2.03. The van der Waals surface area contributed by atoms with Crippen molar-refractivity contribution in [3.05, 3.63) is 30.3 Å². The molecule has 0 atom stereocenters. The van der Waals surface area contributed by atoms with Crippen molar-refractivity contribution in [1.29, 1.82) is 0 Å². The van der Waals surface area contributed by atoms with E-state index < -0.39 is 8.31 Å². The molecule has 0 aliphatic rings. The number of hydrogen-bond donors (Lipinski definition) is 0. The molecule has 0 N–H and O–H groups in total. The van der Waals surface area contributed by atoms with E-state index in [0.717, 1.165) is 0 Å². The van der Waals surface area contributed by atoms with Gasteiger partial charge in [-0.3, -0.25) is 0 Å². The van der Waals surface area contributed by atoms with Crippen LogP contribution >= 0.6 is 11.6 Å². The third-order valence-electron chi connectivity index (χ3n) is 1.26. The zero-order chi connectivity index (χ0) is 7.40. The summed E-state index contributed by atoms with van der Waals surface area (Å²) in [4.78, 5) is 0. The van der Waals surface area contributed by atoms with E-state index in [1.54, 1.807) is 0 Å². The van der Waals surface area contributed by atoms with Crippen LogP contribution in [0.4, 0.5) is 0 Å². The maximum Gasteiger partial charge on any atom is 0.0845 e. The van der Waals surface area contributed by atoms with Gasteiger partial charge in [0.25, 0.3) is 0 Å². The molecule has 0 nitrogen and oxygen atoms in total. The lowest BCUT2D eigenvalue weighted by atomic mass is 10.4. The fourth-order valence-electron chi connectivity index (χ4n) is 0.716. The average molecular weight is 183 g/mol. The van der Waals surface area contributed by atoms with Crippen LogP contribution in [0.3, 0.4) is 0 Å². The summed E-state index contributed by atoms with van der Waals surface area (Å²) in [5.74, 6) is 0. The van der Waals surface area contributed by atoms with Gasteiger partial charge >= 0.3 is 0 Å². The van der Waals surface area contributed by atoms with Crippen molar-refractivity contribution in [2.45, 2.75) is 0 Å². The standard InChI is InChI=1S/C7H7ClSi2/c8-6-10(9)7-4-2-1-3-5-7/h1-5H,6H2. The van der Waals surface area contributed by atoms with Gasteiger partial charge in [0.15, 0.2) is 0 Å². The van der Waals surface area contributed by atoms with Crippen molar-refractivity contribution < 1.29 is 0 Å². The molecule has 10 heavy (non-hydrogen) atoms. The molecule has 0 spiro atoms. The van der Waals surface area contributed by atoms with Crippen LogP contribution in [-0.2, 0) is 0 Å². The summed E-state index contributed by atoms with van der Waals surface area (Å²) < 4.78 is 0. The van der Waals surface area contributed by atoms with E-state index in [9.17, 15) is 0 Å². The first kappa shape index (κ1) is 8.04. The van der Waals surface area contributed by atoms with E-state index in [1.165, 1.54) is 5.19 Å². The SMILES string of the molecule is [Si][Si](CCl)c1ccccc1. The predicted molar refractivity (Wildman–Crippen MR) is 48.3 cm³/mol. The number of benzene rings is 1. The molecule has 0 aliphatic carbocycles. The Hall–Kier alpha value is -0.0562. The maximum absolute atomic E-state index is 5.68. The van der Waals surface area contributed by atoms with Crippen molar-refractivity contribution in [2.75, 3.05) is 5.50 Å². The molecule has 0 aromatic heterocycles. The minimum absolute atomic E-state index is 0.636. The van der Waals surface area contributed by atoms with Crippen LogP contribution in [0.15, 0.2) is 30.3 Å². The van der Waals surface area contributed by atoms with E-state index in [4.69, 9.17) is 11.6 Å². The Labute approximate surface area is 71.0 Å². The molecule has 0 saturated carbocycles. The maximum atomic E-state index is 5.68. The van der Waals surface area contributed by atoms with Gasteiger partial charge in [-0.05, 0) is 0 Å². The molecule has 3 heteroatoms. The highest BCUT2D eigenvalue weighted by Crippen LogP contribution is 1.87. The van der Waals surface area contributed by atoms with E-state index in [2.05, 4.69) is 21.9 Å². The van der Waals surface area contributed by atoms with Crippen molar-refractivity contribution >= 4 is 34.9 Å². The second-order valence-corrected chi connectivity index (χ2v) is 6.39. The highest BCUT2D eigenvalue weighted by atomic mass is 35.5. The first-order valence-corrected chi connectivity index (χ1v) is 6.77. The van der Waals surface area contributed by atoms with E-state index >= 15 is 0 Å². The van der Waals surface area contributed by atoms with E-state index in [0.29, 0.717) is 5.50 Å². The Morgan fingerprint density at radius 3 is 2.40 bits per heavy atom. The van der Waals surface area contributed by atoms with Crippen molar-refractivity contribution in [1.82, 2.24) is 0 Å². The molecule has 0 amide bonds. The van der Waals surface area contributed by atoms with Crippen LogP contribution in [-0.4, -0.2) is 23.6 Å². The Morgan fingerprint density at radius 2 is 1.90 bits per heavy atom. The summed E-state index contributed by atoms with van der Waals surface area (Å²) in [6.07, 6.45) is 0. The van der Waals surface area contributed by atoms with E-state index in [-0.39, 0.29) is 0 Å². The molecule has 50 valence electrons. The summed E-state index contributed by atoms with van der Waals surface area (Å²) in [5.41, 5.74) is 0.714. The number of alkyl halides is 1. The summed E-state index contributed by atoms with van der Waals surface area (Å²) >= 11 is 5.68. The Bertz CT molecular complexity index is 188. The quantitative estimate of drug-likeness (QED) is 0.470. The predicted octanol–water partition coefficient (Wildman–Crippen LogP) is 0.832. The van der Waals surface area contributed by atoms with E-state index in [1.807, 2.05) is 18.2 Å². The second-order valence-electron chi connectivity index (χ2n) is 1.98. The van der Waals surface area contributed by atoms with Gasteiger partial charge in [0.1, 0.15) is 0 Å². The van der Waals surface area contributed by atoms with Crippen LogP contribution in [0.1, 0.15) is 0 Å². The van der Waals surface area contributed by atoms with Gasteiger partial charge in [-0.2, -0.15) is 0 Å². The monoisotopic (exact) mass is 182 g/mol. The molecule has 1 rings (SSSR count). The number of hydrogen-bond acceptors (Lipinski definition) is 0. The largest absolute Gasteiger partial charge is 0.130 e. The lowest BCUT2D eigenvalue weighted by Crippen LogP contribution is -2.32. The third kappa shape index (κ3) is 1.97. The number of halogens is 1. The fraction of sp³-hybridized carbons (Fsp3) is 0.143. The van der Waals surface area contributed by atoms with Gasteiger partial charge in [0, 0.05) is 15.3 Å².